The number of morpholine rings is 1. The molecule has 2 unspecified atom stereocenters. The molecular formula is C34H36ClN3O3. The molecule has 0 bridgehead atoms. The summed E-state index contributed by atoms with van der Waals surface area (Å²) in [6.45, 7) is 4.59. The second-order valence-electron chi connectivity index (χ2n) is 11.3. The van der Waals surface area contributed by atoms with E-state index in [1.807, 2.05) is 70.5 Å². The molecule has 2 amide bonds. The molecule has 2 aliphatic heterocycles. The van der Waals surface area contributed by atoms with Crippen molar-refractivity contribution in [1.29, 1.82) is 0 Å². The Hall–Kier alpha value is -3.61. The maximum Gasteiger partial charge on any atom is 0.289 e. The van der Waals surface area contributed by atoms with Gasteiger partial charge in [-0.3, -0.25) is 14.5 Å². The van der Waals surface area contributed by atoms with E-state index in [0.717, 1.165) is 56.4 Å². The van der Waals surface area contributed by atoms with Crippen LogP contribution in [0.2, 0.25) is 5.02 Å². The van der Waals surface area contributed by atoms with Gasteiger partial charge < -0.3 is 14.5 Å². The fourth-order valence-corrected chi connectivity index (χ4v) is 6.28. The van der Waals surface area contributed by atoms with E-state index in [0.29, 0.717) is 36.0 Å². The third-order valence-electron chi connectivity index (χ3n) is 8.45. The van der Waals surface area contributed by atoms with Crippen LogP contribution in [-0.4, -0.2) is 64.8 Å². The number of fused-ring (bicyclic) bond motifs is 1. The summed E-state index contributed by atoms with van der Waals surface area (Å²) < 4.78 is 6.29. The van der Waals surface area contributed by atoms with Crippen LogP contribution >= 0.6 is 11.6 Å². The first kappa shape index (κ1) is 27.6. The molecule has 1 aliphatic carbocycles. The number of benzene rings is 3. The first-order valence-corrected chi connectivity index (χ1v) is 15.0. The summed E-state index contributed by atoms with van der Waals surface area (Å²) in [5.41, 5.74) is 3.86. The molecule has 212 valence electrons. The van der Waals surface area contributed by atoms with Crippen LogP contribution in [-0.2, 0) is 22.6 Å². The van der Waals surface area contributed by atoms with Crippen LogP contribution in [0.1, 0.15) is 52.7 Å². The Morgan fingerprint density at radius 2 is 1.51 bits per heavy atom. The lowest BCUT2D eigenvalue weighted by molar-refractivity contribution is -0.149. The first-order valence-electron chi connectivity index (χ1n) is 14.6. The number of carbonyl (C=O) groups excluding carboxylic acids is 2. The summed E-state index contributed by atoms with van der Waals surface area (Å²) >= 11 is 6.08. The molecule has 6 rings (SSSR count). The molecular weight excluding hydrogens is 534 g/mol. The van der Waals surface area contributed by atoms with Gasteiger partial charge in [0.05, 0.1) is 6.04 Å². The van der Waals surface area contributed by atoms with Gasteiger partial charge in [0.1, 0.15) is 6.10 Å². The van der Waals surface area contributed by atoms with E-state index in [4.69, 9.17) is 16.3 Å². The number of piperazine rings is 1. The van der Waals surface area contributed by atoms with Gasteiger partial charge in [0.15, 0.2) is 5.76 Å². The van der Waals surface area contributed by atoms with Crippen LogP contribution in [0.5, 0.6) is 0 Å². The number of nitrogens with zero attached hydrogens (tertiary/aromatic N) is 3. The van der Waals surface area contributed by atoms with E-state index in [9.17, 15) is 9.59 Å². The maximum absolute atomic E-state index is 13.6. The second kappa shape index (κ2) is 12.5. The number of halogens is 1. The van der Waals surface area contributed by atoms with Crippen molar-refractivity contribution in [1.82, 2.24) is 14.7 Å². The molecule has 0 N–H and O–H groups in total. The third-order valence-corrected chi connectivity index (χ3v) is 8.70. The second-order valence-corrected chi connectivity index (χ2v) is 11.7. The van der Waals surface area contributed by atoms with Crippen molar-refractivity contribution in [2.24, 2.45) is 0 Å². The number of hydrogen-bond acceptors (Lipinski definition) is 4. The molecule has 1 saturated carbocycles. The summed E-state index contributed by atoms with van der Waals surface area (Å²) in [4.78, 5) is 33.1. The van der Waals surface area contributed by atoms with Gasteiger partial charge in [-0.05, 0) is 66.3 Å². The lowest BCUT2D eigenvalue weighted by atomic mass is 9.89. The van der Waals surface area contributed by atoms with Gasteiger partial charge in [-0.25, -0.2) is 0 Å². The van der Waals surface area contributed by atoms with E-state index in [-0.39, 0.29) is 24.0 Å². The summed E-state index contributed by atoms with van der Waals surface area (Å²) in [5, 5.41) is 0.686. The standard InChI is InChI=1S/C34H36ClN3O3/c35-29-16-12-27(13-17-29)24-38-30-8-4-5-9-31(30)41-32(34(38)40)22-25-10-14-28(15-11-25)33(39)37-20-18-36(19-21-37)23-26-6-2-1-3-7-26/h1-3,6-7,10-17,22,30-31H,4-5,8-9,18-21,23-24H2/b32-22-. The van der Waals surface area contributed by atoms with Gasteiger partial charge >= 0.3 is 0 Å². The van der Waals surface area contributed by atoms with Crippen molar-refractivity contribution in [2.45, 2.75) is 50.9 Å². The highest BCUT2D eigenvalue weighted by Gasteiger charge is 2.41. The molecule has 3 fully saturated rings. The molecule has 7 heteroatoms. The predicted molar refractivity (Wildman–Crippen MR) is 161 cm³/mol. The zero-order chi connectivity index (χ0) is 28.2. The number of carbonyl (C=O) groups is 2. The Labute approximate surface area is 247 Å². The molecule has 0 spiro atoms. The Morgan fingerprint density at radius 3 is 2.24 bits per heavy atom. The van der Waals surface area contributed by atoms with Gasteiger partial charge in [-0.1, -0.05) is 72.6 Å². The smallest absolute Gasteiger partial charge is 0.289 e. The van der Waals surface area contributed by atoms with Crippen LogP contribution in [0, 0.1) is 0 Å². The molecule has 6 nitrogen and oxygen atoms in total. The number of rotatable bonds is 6. The van der Waals surface area contributed by atoms with Gasteiger partial charge in [0.25, 0.3) is 11.8 Å². The van der Waals surface area contributed by atoms with E-state index >= 15 is 0 Å². The van der Waals surface area contributed by atoms with E-state index in [1.165, 1.54) is 5.56 Å². The predicted octanol–water partition coefficient (Wildman–Crippen LogP) is 6.01. The molecule has 0 radical (unpaired) electrons. The summed E-state index contributed by atoms with van der Waals surface area (Å²) in [7, 11) is 0. The highest BCUT2D eigenvalue weighted by atomic mass is 35.5. The van der Waals surface area contributed by atoms with Crippen molar-refractivity contribution in [2.75, 3.05) is 26.2 Å². The van der Waals surface area contributed by atoms with Crippen LogP contribution in [0.25, 0.3) is 6.08 Å². The molecule has 3 aliphatic rings. The van der Waals surface area contributed by atoms with Crippen LogP contribution in [0.15, 0.2) is 84.6 Å². The van der Waals surface area contributed by atoms with Crippen molar-refractivity contribution >= 4 is 29.5 Å². The SMILES string of the molecule is O=C(c1ccc(/C=C2\OC3CCCCC3N(Cc3ccc(Cl)cc3)C2=O)cc1)N1CCN(Cc2ccccc2)CC1. The minimum Gasteiger partial charge on any atom is -0.482 e. The quantitative estimate of drug-likeness (QED) is 0.341. The molecule has 2 heterocycles. The van der Waals surface area contributed by atoms with Gasteiger partial charge in [0, 0.05) is 49.9 Å². The molecule has 2 atom stereocenters. The van der Waals surface area contributed by atoms with E-state index in [1.54, 1.807) is 0 Å². The molecule has 41 heavy (non-hydrogen) atoms. The fraction of sp³-hybridized carbons (Fsp3) is 0.353. The van der Waals surface area contributed by atoms with Crippen molar-refractivity contribution in [3.8, 4) is 0 Å². The minimum atomic E-state index is -0.0865. The lowest BCUT2D eigenvalue weighted by Gasteiger charge is -2.44. The van der Waals surface area contributed by atoms with Crippen LogP contribution in [0.3, 0.4) is 0 Å². The van der Waals surface area contributed by atoms with Crippen molar-refractivity contribution < 1.29 is 14.3 Å². The summed E-state index contributed by atoms with van der Waals surface area (Å²) in [5.74, 6) is 0.333. The molecule has 3 aromatic carbocycles. The average molecular weight is 570 g/mol. The Morgan fingerprint density at radius 1 is 0.829 bits per heavy atom. The Kier molecular flexibility index (Phi) is 8.40. The van der Waals surface area contributed by atoms with Crippen LogP contribution < -0.4 is 0 Å². The topological polar surface area (TPSA) is 53.1 Å². The maximum atomic E-state index is 13.6. The van der Waals surface area contributed by atoms with Gasteiger partial charge in [-0.2, -0.15) is 0 Å². The Bertz CT molecular complexity index is 1380. The highest BCUT2D eigenvalue weighted by molar-refractivity contribution is 6.30. The van der Waals surface area contributed by atoms with Gasteiger partial charge in [0.2, 0.25) is 0 Å². The number of amides is 2. The number of ether oxygens (including phenoxy) is 1. The highest BCUT2D eigenvalue weighted by Crippen LogP contribution is 2.34. The Balaban J connectivity index is 1.11. The third kappa shape index (κ3) is 6.50. The lowest BCUT2D eigenvalue weighted by Crippen LogP contribution is -2.54. The largest absolute Gasteiger partial charge is 0.482 e. The minimum absolute atomic E-state index is 0.00130. The zero-order valence-corrected chi connectivity index (χ0v) is 24.0. The van der Waals surface area contributed by atoms with Crippen molar-refractivity contribution in [3.63, 3.8) is 0 Å². The number of hydrogen-bond donors (Lipinski definition) is 0. The molecule has 0 aromatic heterocycles. The van der Waals surface area contributed by atoms with Crippen molar-refractivity contribution in [3.05, 3.63) is 112 Å². The fourth-order valence-electron chi connectivity index (χ4n) is 6.15. The van der Waals surface area contributed by atoms with E-state index < -0.39 is 0 Å². The normalized spacial score (nSPS) is 22.4. The van der Waals surface area contributed by atoms with Gasteiger partial charge in [-0.15, -0.1) is 0 Å². The average Bonchev–Trinajstić information content (AvgIpc) is 3.01. The monoisotopic (exact) mass is 569 g/mol. The zero-order valence-electron chi connectivity index (χ0n) is 23.3. The summed E-state index contributed by atoms with van der Waals surface area (Å²) in [6.07, 6.45) is 5.92. The molecule has 3 aromatic rings. The first-order chi connectivity index (χ1) is 20.0. The molecule has 2 saturated heterocycles. The van der Waals surface area contributed by atoms with Crippen LogP contribution in [0.4, 0.5) is 0 Å². The summed E-state index contributed by atoms with van der Waals surface area (Å²) in [6, 6.07) is 25.7. The van der Waals surface area contributed by atoms with E-state index in [2.05, 4.69) is 29.2 Å².